The molecule has 0 N–H and O–H groups in total. The van der Waals surface area contributed by atoms with Crippen LogP contribution in [-0.2, 0) is 11.5 Å². The van der Waals surface area contributed by atoms with Crippen molar-refractivity contribution >= 4 is 35.7 Å². The van der Waals surface area contributed by atoms with Crippen molar-refractivity contribution in [1.29, 1.82) is 0 Å². The van der Waals surface area contributed by atoms with Crippen LogP contribution in [0.2, 0.25) is 0 Å². The van der Waals surface area contributed by atoms with E-state index in [4.69, 9.17) is 0 Å². The van der Waals surface area contributed by atoms with Crippen molar-refractivity contribution < 1.29 is 0 Å². The smallest absolute Gasteiger partial charge is 0.103 e. The molecule has 1 nitrogen and oxygen atoms in total. The molecule has 1 heterocycles. The first kappa shape index (κ1) is 9.42. The highest BCUT2D eigenvalue weighted by Gasteiger charge is 1.98. The molecule has 0 aliphatic heterocycles. The Kier molecular flexibility index (Phi) is 4.33. The first-order chi connectivity index (χ1) is 5.36. The topological polar surface area (TPSA) is 12.9 Å². The van der Waals surface area contributed by atoms with Gasteiger partial charge in [0, 0.05) is 22.6 Å². The van der Waals surface area contributed by atoms with E-state index in [0.29, 0.717) is 0 Å². The Balaban J connectivity index is 2.44. The highest BCUT2D eigenvalue weighted by atomic mass is 32.2. The molecule has 0 aliphatic rings. The lowest BCUT2D eigenvalue weighted by atomic mass is 10.6. The molecule has 0 radical (unpaired) electrons. The second-order valence-corrected chi connectivity index (χ2v) is 4.81. The van der Waals surface area contributed by atoms with Crippen molar-refractivity contribution in [3.8, 4) is 0 Å². The summed E-state index contributed by atoms with van der Waals surface area (Å²) >= 11 is 7.85. The lowest BCUT2D eigenvalue weighted by Gasteiger charge is -1.90. The van der Waals surface area contributed by atoms with Crippen LogP contribution >= 0.6 is 35.7 Å². The van der Waals surface area contributed by atoms with Crippen LogP contribution in [0.4, 0.5) is 0 Å². The van der Waals surface area contributed by atoms with Gasteiger partial charge >= 0.3 is 0 Å². The quantitative estimate of drug-likeness (QED) is 0.759. The molecule has 1 rings (SSSR count). The standard InChI is InChI=1S/C7H11NS3/c1-2-10-5-7-8-3-6(4-9)11-7/h3,9H,2,4-5H2,1H3. The summed E-state index contributed by atoms with van der Waals surface area (Å²) in [7, 11) is 0. The fourth-order valence-electron chi connectivity index (χ4n) is 0.677. The summed E-state index contributed by atoms with van der Waals surface area (Å²) < 4.78 is 0. The van der Waals surface area contributed by atoms with Gasteiger partial charge in [0.25, 0.3) is 0 Å². The maximum Gasteiger partial charge on any atom is 0.103 e. The van der Waals surface area contributed by atoms with Crippen molar-refractivity contribution in [2.24, 2.45) is 0 Å². The summed E-state index contributed by atoms with van der Waals surface area (Å²) in [4.78, 5) is 5.54. The van der Waals surface area contributed by atoms with E-state index in [0.717, 1.165) is 17.3 Å². The number of thiazole rings is 1. The molecule has 0 amide bonds. The second kappa shape index (κ2) is 5.06. The van der Waals surface area contributed by atoms with E-state index in [1.165, 1.54) is 9.88 Å². The van der Waals surface area contributed by atoms with Gasteiger partial charge in [-0.05, 0) is 5.75 Å². The third kappa shape index (κ3) is 3.05. The average Bonchev–Trinajstić information content (AvgIpc) is 2.48. The average molecular weight is 205 g/mol. The minimum atomic E-state index is 0.814. The van der Waals surface area contributed by atoms with E-state index in [1.807, 2.05) is 18.0 Å². The van der Waals surface area contributed by atoms with E-state index in [-0.39, 0.29) is 0 Å². The summed E-state index contributed by atoms with van der Waals surface area (Å²) in [5.41, 5.74) is 0. The summed E-state index contributed by atoms with van der Waals surface area (Å²) in [6, 6.07) is 0. The number of hydrogen-bond donors (Lipinski definition) is 1. The number of rotatable bonds is 4. The largest absolute Gasteiger partial charge is 0.248 e. The van der Waals surface area contributed by atoms with Crippen LogP contribution in [0.25, 0.3) is 0 Å². The number of thiol groups is 1. The third-order valence-corrected chi connectivity index (χ3v) is 3.81. The molecular formula is C7H11NS3. The Morgan fingerprint density at radius 1 is 1.73 bits per heavy atom. The van der Waals surface area contributed by atoms with Gasteiger partial charge in [0.2, 0.25) is 0 Å². The van der Waals surface area contributed by atoms with E-state index in [2.05, 4.69) is 24.5 Å². The maximum atomic E-state index is 4.27. The van der Waals surface area contributed by atoms with E-state index in [1.54, 1.807) is 11.3 Å². The van der Waals surface area contributed by atoms with Crippen molar-refractivity contribution in [2.45, 2.75) is 18.4 Å². The molecule has 0 aliphatic carbocycles. The van der Waals surface area contributed by atoms with E-state index >= 15 is 0 Å². The minimum absolute atomic E-state index is 0.814. The zero-order valence-electron chi connectivity index (χ0n) is 6.41. The predicted molar refractivity (Wildman–Crippen MR) is 56.6 cm³/mol. The number of thioether (sulfide) groups is 1. The number of aromatic nitrogens is 1. The van der Waals surface area contributed by atoms with Gasteiger partial charge in [0.15, 0.2) is 0 Å². The minimum Gasteiger partial charge on any atom is -0.248 e. The summed E-state index contributed by atoms with van der Waals surface area (Å²) in [6.07, 6.45) is 1.92. The van der Waals surface area contributed by atoms with E-state index in [9.17, 15) is 0 Å². The summed E-state index contributed by atoms with van der Waals surface area (Å²) in [5, 5.41) is 1.22. The van der Waals surface area contributed by atoms with Gasteiger partial charge in [-0.1, -0.05) is 6.92 Å². The zero-order chi connectivity index (χ0) is 8.10. The lowest BCUT2D eigenvalue weighted by molar-refractivity contribution is 1.25. The first-order valence-electron chi connectivity index (χ1n) is 3.49. The molecule has 0 bridgehead atoms. The Hall–Kier alpha value is 0.330. The Labute approximate surface area is 81.0 Å². The second-order valence-electron chi connectivity index (χ2n) is 2.02. The monoisotopic (exact) mass is 205 g/mol. The Morgan fingerprint density at radius 3 is 3.09 bits per heavy atom. The molecule has 11 heavy (non-hydrogen) atoms. The Bertz CT molecular complexity index is 209. The molecule has 0 atom stereocenters. The van der Waals surface area contributed by atoms with Crippen molar-refractivity contribution in [3.05, 3.63) is 16.1 Å². The van der Waals surface area contributed by atoms with E-state index < -0.39 is 0 Å². The van der Waals surface area contributed by atoms with Crippen LogP contribution in [0.15, 0.2) is 6.20 Å². The highest BCUT2D eigenvalue weighted by molar-refractivity contribution is 7.98. The molecule has 0 unspecified atom stereocenters. The molecule has 0 saturated carbocycles. The Morgan fingerprint density at radius 2 is 2.55 bits per heavy atom. The number of hydrogen-bond acceptors (Lipinski definition) is 4. The normalized spacial score (nSPS) is 10.4. The van der Waals surface area contributed by atoms with Crippen molar-refractivity contribution in [1.82, 2.24) is 4.98 Å². The summed E-state index contributed by atoms with van der Waals surface area (Å²) in [6.45, 7) is 2.16. The van der Waals surface area contributed by atoms with Crippen molar-refractivity contribution in [2.75, 3.05) is 5.75 Å². The van der Waals surface area contributed by atoms with Crippen LogP contribution in [-0.4, -0.2) is 10.7 Å². The number of nitrogens with zero attached hydrogens (tertiary/aromatic N) is 1. The van der Waals surface area contributed by atoms with Gasteiger partial charge in [-0.3, -0.25) is 0 Å². The maximum absolute atomic E-state index is 4.27. The molecule has 1 aromatic heterocycles. The SMILES string of the molecule is CCSCc1ncc(CS)s1. The predicted octanol–water partition coefficient (Wildman–Crippen LogP) is 2.83. The van der Waals surface area contributed by atoms with Crippen LogP contribution in [0.3, 0.4) is 0 Å². The van der Waals surface area contributed by atoms with Crippen LogP contribution in [0.5, 0.6) is 0 Å². The molecule has 0 spiro atoms. The molecule has 1 aromatic rings. The highest BCUT2D eigenvalue weighted by Crippen LogP contribution is 2.19. The lowest BCUT2D eigenvalue weighted by Crippen LogP contribution is -1.75. The zero-order valence-corrected chi connectivity index (χ0v) is 8.94. The fourth-order valence-corrected chi connectivity index (χ4v) is 2.47. The third-order valence-electron chi connectivity index (χ3n) is 1.19. The molecule has 4 heteroatoms. The van der Waals surface area contributed by atoms with Crippen molar-refractivity contribution in [3.63, 3.8) is 0 Å². The summed E-state index contributed by atoms with van der Waals surface area (Å²) in [5.74, 6) is 3.03. The van der Waals surface area contributed by atoms with Gasteiger partial charge < -0.3 is 0 Å². The fraction of sp³-hybridized carbons (Fsp3) is 0.571. The van der Waals surface area contributed by atoms with Gasteiger partial charge in [0.05, 0.1) is 0 Å². The van der Waals surface area contributed by atoms with Crippen LogP contribution < -0.4 is 0 Å². The molecule has 0 aromatic carbocycles. The molecular weight excluding hydrogens is 194 g/mol. The first-order valence-corrected chi connectivity index (χ1v) is 6.09. The van der Waals surface area contributed by atoms with Gasteiger partial charge in [-0.2, -0.15) is 24.4 Å². The molecule has 0 saturated heterocycles. The van der Waals surface area contributed by atoms with Crippen LogP contribution in [0.1, 0.15) is 16.8 Å². The van der Waals surface area contributed by atoms with Gasteiger partial charge in [-0.15, -0.1) is 11.3 Å². The molecule has 62 valence electrons. The van der Waals surface area contributed by atoms with Gasteiger partial charge in [-0.25, -0.2) is 4.98 Å². The van der Waals surface area contributed by atoms with Gasteiger partial charge in [0.1, 0.15) is 5.01 Å². The van der Waals surface area contributed by atoms with Crippen LogP contribution in [0, 0.1) is 0 Å². The molecule has 0 fully saturated rings.